The quantitative estimate of drug-likeness (QED) is 0.372. The molecule has 7 heteroatoms. The zero-order valence-electron chi connectivity index (χ0n) is 19.4. The number of anilines is 1. The maximum absolute atomic E-state index is 13.8. The lowest BCUT2D eigenvalue weighted by Crippen LogP contribution is -2.31. The van der Waals surface area contributed by atoms with Crippen molar-refractivity contribution in [1.29, 1.82) is 0 Å². The standard InChI is InChI=1S/C28H23NO6/c1-15-11-16(2)13-19(12-15)29-24(17-7-9-20(30)10-8-17)23(26(32)28(29)33)25(31)22-14-18-5-4-6-21(34-3)27(18)35-22/h4-14,24,30,32H,1-3H3. The van der Waals surface area contributed by atoms with Crippen LogP contribution < -0.4 is 9.64 Å². The predicted molar refractivity (Wildman–Crippen MR) is 131 cm³/mol. The van der Waals surface area contributed by atoms with Crippen molar-refractivity contribution in [2.45, 2.75) is 19.9 Å². The van der Waals surface area contributed by atoms with Crippen molar-refractivity contribution in [2.24, 2.45) is 0 Å². The smallest absolute Gasteiger partial charge is 0.294 e. The number of hydrogen-bond donors (Lipinski definition) is 2. The van der Waals surface area contributed by atoms with Crippen LogP contribution in [0, 0.1) is 13.8 Å². The lowest BCUT2D eigenvalue weighted by atomic mass is 9.94. The highest BCUT2D eigenvalue weighted by Gasteiger charge is 2.45. The van der Waals surface area contributed by atoms with Crippen LogP contribution in [-0.4, -0.2) is 29.0 Å². The predicted octanol–water partition coefficient (Wildman–Crippen LogP) is 5.55. The van der Waals surface area contributed by atoms with Crippen LogP contribution in [0.5, 0.6) is 11.5 Å². The summed E-state index contributed by atoms with van der Waals surface area (Å²) in [6.45, 7) is 3.82. The highest BCUT2D eigenvalue weighted by molar-refractivity contribution is 6.20. The number of carbonyl (C=O) groups is 2. The number of amides is 1. The summed E-state index contributed by atoms with van der Waals surface area (Å²) in [6.07, 6.45) is 0. The van der Waals surface area contributed by atoms with Crippen molar-refractivity contribution in [3.8, 4) is 11.5 Å². The van der Waals surface area contributed by atoms with Crippen molar-refractivity contribution in [3.05, 3.63) is 101 Å². The van der Waals surface area contributed by atoms with Gasteiger partial charge in [0.05, 0.1) is 18.7 Å². The number of phenolic OH excluding ortho intramolecular Hbond substituents is 1. The minimum Gasteiger partial charge on any atom is -0.508 e. The molecule has 176 valence electrons. The first-order valence-electron chi connectivity index (χ1n) is 11.0. The molecule has 1 unspecified atom stereocenters. The molecular formula is C28H23NO6. The Morgan fingerprint density at radius 1 is 0.971 bits per heavy atom. The van der Waals surface area contributed by atoms with Gasteiger partial charge in [-0.1, -0.05) is 30.3 Å². The number of aliphatic hydroxyl groups excluding tert-OH is 1. The Balaban J connectivity index is 1.68. The van der Waals surface area contributed by atoms with Crippen LogP contribution in [-0.2, 0) is 4.79 Å². The molecule has 0 saturated heterocycles. The molecule has 0 radical (unpaired) electrons. The van der Waals surface area contributed by atoms with Crippen molar-refractivity contribution in [2.75, 3.05) is 12.0 Å². The normalized spacial score (nSPS) is 15.8. The zero-order chi connectivity index (χ0) is 24.9. The fourth-order valence-corrected chi connectivity index (χ4v) is 4.61. The molecule has 5 rings (SSSR count). The van der Waals surface area contributed by atoms with E-state index in [1.54, 1.807) is 36.4 Å². The molecular weight excluding hydrogens is 446 g/mol. The van der Waals surface area contributed by atoms with E-state index >= 15 is 0 Å². The van der Waals surface area contributed by atoms with Crippen LogP contribution in [0.15, 0.2) is 82.5 Å². The number of hydrogen-bond acceptors (Lipinski definition) is 6. The van der Waals surface area contributed by atoms with Gasteiger partial charge >= 0.3 is 0 Å². The van der Waals surface area contributed by atoms with Crippen LogP contribution in [0.2, 0.25) is 0 Å². The first-order valence-corrected chi connectivity index (χ1v) is 11.0. The van der Waals surface area contributed by atoms with E-state index in [0.717, 1.165) is 11.1 Å². The number of methoxy groups -OCH3 is 1. The van der Waals surface area contributed by atoms with Crippen molar-refractivity contribution in [3.63, 3.8) is 0 Å². The molecule has 3 aromatic carbocycles. The van der Waals surface area contributed by atoms with Crippen molar-refractivity contribution in [1.82, 2.24) is 0 Å². The molecule has 2 N–H and O–H groups in total. The number of rotatable bonds is 5. The lowest BCUT2D eigenvalue weighted by Gasteiger charge is -2.27. The molecule has 35 heavy (non-hydrogen) atoms. The van der Waals surface area contributed by atoms with Crippen molar-refractivity contribution >= 4 is 28.3 Å². The number of aromatic hydroxyl groups is 1. The van der Waals surface area contributed by atoms with Gasteiger partial charge in [0.2, 0.25) is 5.78 Å². The Morgan fingerprint density at radius 3 is 2.31 bits per heavy atom. The third-order valence-corrected chi connectivity index (χ3v) is 6.10. The Kier molecular flexibility index (Phi) is 5.32. The highest BCUT2D eigenvalue weighted by atomic mass is 16.5. The van der Waals surface area contributed by atoms with Gasteiger partial charge in [-0.15, -0.1) is 0 Å². The number of para-hydroxylation sites is 1. The number of Topliss-reactive ketones (excluding diaryl/α,β-unsaturated/α-hetero) is 1. The molecule has 0 spiro atoms. The number of benzene rings is 3. The van der Waals surface area contributed by atoms with Gasteiger partial charge in [-0.05, 0) is 66.9 Å². The first kappa shape index (κ1) is 22.3. The summed E-state index contributed by atoms with van der Waals surface area (Å²) in [6, 6.07) is 17.7. The first-order chi connectivity index (χ1) is 16.8. The van der Waals surface area contributed by atoms with Crippen LogP contribution in [0.1, 0.15) is 33.3 Å². The van der Waals surface area contributed by atoms with E-state index in [-0.39, 0.29) is 17.1 Å². The van der Waals surface area contributed by atoms with E-state index in [1.165, 1.54) is 24.1 Å². The van der Waals surface area contributed by atoms with E-state index < -0.39 is 23.5 Å². The van der Waals surface area contributed by atoms with Crippen LogP contribution in [0.3, 0.4) is 0 Å². The molecule has 1 aliphatic rings. The number of fused-ring (bicyclic) bond motifs is 1. The van der Waals surface area contributed by atoms with E-state index in [4.69, 9.17) is 9.15 Å². The summed E-state index contributed by atoms with van der Waals surface area (Å²) < 4.78 is 11.2. The number of carbonyl (C=O) groups excluding carboxylic acids is 2. The second kappa shape index (κ2) is 8.36. The maximum Gasteiger partial charge on any atom is 0.294 e. The Morgan fingerprint density at radius 2 is 1.66 bits per heavy atom. The van der Waals surface area contributed by atoms with Gasteiger partial charge in [0, 0.05) is 11.1 Å². The van der Waals surface area contributed by atoms with E-state index in [0.29, 0.717) is 28.0 Å². The largest absolute Gasteiger partial charge is 0.508 e. The molecule has 1 aromatic heterocycles. The minimum absolute atomic E-state index is 0.0232. The molecule has 1 atom stereocenters. The second-order valence-electron chi connectivity index (χ2n) is 8.60. The summed E-state index contributed by atoms with van der Waals surface area (Å²) in [5.74, 6) is -1.45. The number of phenols is 1. The van der Waals surface area contributed by atoms with Crippen LogP contribution in [0.4, 0.5) is 5.69 Å². The van der Waals surface area contributed by atoms with Gasteiger partial charge in [-0.25, -0.2) is 0 Å². The van der Waals surface area contributed by atoms with Crippen LogP contribution >= 0.6 is 0 Å². The number of furan rings is 1. The zero-order valence-corrected chi connectivity index (χ0v) is 19.4. The minimum atomic E-state index is -0.924. The number of ketones is 1. The fourth-order valence-electron chi connectivity index (χ4n) is 4.61. The summed E-state index contributed by atoms with van der Waals surface area (Å²) in [7, 11) is 1.51. The Bertz CT molecular complexity index is 1490. The Hall–Kier alpha value is -4.52. The van der Waals surface area contributed by atoms with Gasteiger partial charge in [-0.3, -0.25) is 14.5 Å². The number of ether oxygens (including phenoxy) is 1. The molecule has 1 amide bonds. The average molecular weight is 469 g/mol. The third kappa shape index (κ3) is 3.71. The van der Waals surface area contributed by atoms with Crippen LogP contribution in [0.25, 0.3) is 11.0 Å². The topological polar surface area (TPSA) is 100 Å². The summed E-state index contributed by atoms with van der Waals surface area (Å²) in [5, 5.41) is 21.4. The van der Waals surface area contributed by atoms with E-state index in [9.17, 15) is 19.8 Å². The summed E-state index contributed by atoms with van der Waals surface area (Å²) in [4.78, 5) is 28.5. The van der Waals surface area contributed by atoms with Gasteiger partial charge in [-0.2, -0.15) is 0 Å². The highest BCUT2D eigenvalue weighted by Crippen LogP contribution is 2.43. The maximum atomic E-state index is 13.8. The number of aliphatic hydroxyl groups is 1. The molecule has 0 fully saturated rings. The molecule has 4 aromatic rings. The average Bonchev–Trinajstić information content (AvgIpc) is 3.38. The van der Waals surface area contributed by atoms with Gasteiger partial charge in [0.25, 0.3) is 5.91 Å². The summed E-state index contributed by atoms with van der Waals surface area (Å²) in [5.41, 5.74) is 3.26. The SMILES string of the molecule is COc1cccc2cc(C(=O)C3=C(O)C(=O)N(c4cc(C)cc(C)c4)C3c3ccc(O)cc3)oc12. The van der Waals surface area contributed by atoms with Gasteiger partial charge in [0.1, 0.15) is 5.75 Å². The second-order valence-corrected chi connectivity index (χ2v) is 8.60. The van der Waals surface area contributed by atoms with E-state index in [1.807, 2.05) is 32.0 Å². The molecule has 0 aliphatic carbocycles. The molecule has 0 bridgehead atoms. The molecule has 2 heterocycles. The lowest BCUT2D eigenvalue weighted by molar-refractivity contribution is -0.117. The summed E-state index contributed by atoms with van der Waals surface area (Å²) >= 11 is 0. The number of aryl methyl sites for hydroxylation is 2. The molecule has 0 saturated carbocycles. The van der Waals surface area contributed by atoms with Gasteiger partial charge < -0.3 is 19.4 Å². The number of nitrogens with zero attached hydrogens (tertiary/aromatic N) is 1. The monoisotopic (exact) mass is 469 g/mol. The Labute approximate surface area is 201 Å². The van der Waals surface area contributed by atoms with Crippen molar-refractivity contribution < 1.29 is 29.0 Å². The van der Waals surface area contributed by atoms with Gasteiger partial charge in [0.15, 0.2) is 22.9 Å². The van der Waals surface area contributed by atoms with E-state index in [2.05, 4.69) is 0 Å². The fraction of sp³-hybridized carbons (Fsp3) is 0.143. The molecule has 7 nitrogen and oxygen atoms in total. The third-order valence-electron chi connectivity index (χ3n) is 6.10. The molecule has 1 aliphatic heterocycles.